The van der Waals surface area contributed by atoms with Gasteiger partial charge in [0.25, 0.3) is 15.9 Å². The summed E-state index contributed by atoms with van der Waals surface area (Å²) in [7, 11) is -3.80. The average molecular weight is 510 g/mol. The van der Waals surface area contributed by atoms with Crippen molar-refractivity contribution in [2.24, 2.45) is 0 Å². The van der Waals surface area contributed by atoms with Crippen LogP contribution in [0.1, 0.15) is 10.4 Å². The van der Waals surface area contributed by atoms with Crippen molar-refractivity contribution in [1.82, 2.24) is 0 Å². The van der Waals surface area contributed by atoms with E-state index < -0.39 is 15.9 Å². The van der Waals surface area contributed by atoms with Crippen molar-refractivity contribution in [2.75, 3.05) is 10.0 Å². The fraction of sp³-hybridized carbons (Fsp3) is 0. The Labute approximate surface area is 174 Å². The molecule has 0 unspecified atom stereocenters. The predicted molar refractivity (Wildman–Crippen MR) is 113 cm³/mol. The van der Waals surface area contributed by atoms with Gasteiger partial charge in [0, 0.05) is 20.2 Å². The van der Waals surface area contributed by atoms with Gasteiger partial charge in [-0.3, -0.25) is 9.52 Å². The SMILES string of the molecule is O=C(Nc1ccc(Br)cc1Br)c1cccc(S(=O)(=O)Nc2ccccc2)c1. The molecular weight excluding hydrogens is 496 g/mol. The molecule has 3 aromatic rings. The van der Waals surface area contributed by atoms with Crippen LogP contribution >= 0.6 is 31.9 Å². The number of carbonyl (C=O) groups excluding carboxylic acids is 1. The second kappa shape index (κ2) is 8.24. The predicted octanol–water partition coefficient (Wildman–Crippen LogP) is 5.26. The molecule has 0 heterocycles. The summed E-state index contributed by atoms with van der Waals surface area (Å²) in [5, 5.41) is 2.76. The molecule has 0 spiro atoms. The van der Waals surface area contributed by atoms with Crippen LogP contribution in [-0.4, -0.2) is 14.3 Å². The molecule has 0 aromatic heterocycles. The normalized spacial score (nSPS) is 11.0. The van der Waals surface area contributed by atoms with Crippen LogP contribution in [0.2, 0.25) is 0 Å². The average Bonchev–Trinajstić information content (AvgIpc) is 2.64. The van der Waals surface area contributed by atoms with Crippen LogP contribution in [0, 0.1) is 0 Å². The first-order valence-corrected chi connectivity index (χ1v) is 10.9. The molecule has 0 atom stereocenters. The van der Waals surface area contributed by atoms with E-state index in [2.05, 4.69) is 41.9 Å². The Bertz CT molecular complexity index is 1090. The van der Waals surface area contributed by atoms with Crippen molar-refractivity contribution in [2.45, 2.75) is 4.90 Å². The monoisotopic (exact) mass is 508 g/mol. The molecule has 1 amide bonds. The van der Waals surface area contributed by atoms with Gasteiger partial charge >= 0.3 is 0 Å². The zero-order chi connectivity index (χ0) is 19.4. The lowest BCUT2D eigenvalue weighted by molar-refractivity contribution is 0.102. The maximum absolute atomic E-state index is 12.6. The van der Waals surface area contributed by atoms with Crippen LogP contribution in [0.15, 0.2) is 86.6 Å². The van der Waals surface area contributed by atoms with E-state index in [1.54, 1.807) is 54.6 Å². The first-order valence-electron chi connectivity index (χ1n) is 7.79. The van der Waals surface area contributed by atoms with Gasteiger partial charge in [-0.05, 0) is 64.5 Å². The van der Waals surface area contributed by atoms with E-state index in [1.807, 2.05) is 0 Å². The van der Waals surface area contributed by atoms with Crippen LogP contribution in [0.25, 0.3) is 0 Å². The highest BCUT2D eigenvalue weighted by atomic mass is 79.9. The fourth-order valence-electron chi connectivity index (χ4n) is 2.31. The number of halogens is 2. The number of hydrogen-bond donors (Lipinski definition) is 2. The maximum Gasteiger partial charge on any atom is 0.261 e. The van der Waals surface area contributed by atoms with Crippen LogP contribution in [0.4, 0.5) is 11.4 Å². The molecule has 27 heavy (non-hydrogen) atoms. The number of sulfonamides is 1. The van der Waals surface area contributed by atoms with Gasteiger partial charge in [-0.15, -0.1) is 0 Å². The molecule has 0 aliphatic heterocycles. The van der Waals surface area contributed by atoms with E-state index in [4.69, 9.17) is 0 Å². The summed E-state index contributed by atoms with van der Waals surface area (Å²) in [4.78, 5) is 12.5. The molecule has 2 N–H and O–H groups in total. The molecule has 3 rings (SSSR count). The van der Waals surface area contributed by atoms with Gasteiger partial charge < -0.3 is 5.32 Å². The first-order chi connectivity index (χ1) is 12.8. The Hall–Kier alpha value is -2.16. The van der Waals surface area contributed by atoms with Gasteiger partial charge in [0.2, 0.25) is 0 Å². The third-order valence-corrected chi connectivity index (χ3v) is 6.14. The van der Waals surface area contributed by atoms with E-state index in [0.29, 0.717) is 15.8 Å². The topological polar surface area (TPSA) is 75.3 Å². The molecule has 138 valence electrons. The molecular formula is C19H14Br2N2O3S. The zero-order valence-electron chi connectivity index (χ0n) is 13.8. The van der Waals surface area contributed by atoms with Crippen molar-refractivity contribution in [1.29, 1.82) is 0 Å². The van der Waals surface area contributed by atoms with E-state index in [0.717, 1.165) is 4.47 Å². The van der Waals surface area contributed by atoms with Crippen molar-refractivity contribution in [3.8, 4) is 0 Å². The summed E-state index contributed by atoms with van der Waals surface area (Å²) in [5.74, 6) is -0.408. The Morgan fingerprint density at radius 2 is 1.59 bits per heavy atom. The van der Waals surface area contributed by atoms with Gasteiger partial charge in [0.15, 0.2) is 0 Å². The van der Waals surface area contributed by atoms with Crippen molar-refractivity contribution in [3.05, 3.63) is 87.3 Å². The molecule has 0 aliphatic carbocycles. The van der Waals surface area contributed by atoms with Gasteiger partial charge in [-0.2, -0.15) is 0 Å². The van der Waals surface area contributed by atoms with Gasteiger partial charge in [0.05, 0.1) is 10.6 Å². The molecule has 0 aliphatic rings. The Morgan fingerprint density at radius 3 is 2.30 bits per heavy atom. The number of benzene rings is 3. The molecule has 3 aromatic carbocycles. The zero-order valence-corrected chi connectivity index (χ0v) is 17.8. The van der Waals surface area contributed by atoms with Gasteiger partial charge in [0.1, 0.15) is 0 Å². The van der Waals surface area contributed by atoms with Crippen LogP contribution in [0.3, 0.4) is 0 Å². The quantitative estimate of drug-likeness (QED) is 0.492. The Kier molecular flexibility index (Phi) is 5.98. The standard InChI is InChI=1S/C19H14Br2N2O3S/c20-14-9-10-18(17(21)12-14)22-19(24)13-5-4-8-16(11-13)27(25,26)23-15-6-2-1-3-7-15/h1-12,23H,(H,22,24). The highest BCUT2D eigenvalue weighted by molar-refractivity contribution is 9.11. The lowest BCUT2D eigenvalue weighted by atomic mass is 10.2. The maximum atomic E-state index is 12.6. The summed E-state index contributed by atoms with van der Waals surface area (Å²) < 4.78 is 29.2. The molecule has 0 radical (unpaired) electrons. The van der Waals surface area contributed by atoms with E-state index >= 15 is 0 Å². The van der Waals surface area contributed by atoms with Gasteiger partial charge in [-0.1, -0.05) is 40.2 Å². The lowest BCUT2D eigenvalue weighted by Gasteiger charge is -2.11. The Balaban J connectivity index is 1.83. The van der Waals surface area contributed by atoms with E-state index in [1.165, 1.54) is 18.2 Å². The molecule has 8 heteroatoms. The largest absolute Gasteiger partial charge is 0.321 e. The highest BCUT2D eigenvalue weighted by Crippen LogP contribution is 2.27. The lowest BCUT2D eigenvalue weighted by Crippen LogP contribution is -2.16. The second-order valence-electron chi connectivity index (χ2n) is 5.58. The van der Waals surface area contributed by atoms with Crippen molar-refractivity contribution in [3.63, 3.8) is 0 Å². The molecule has 0 saturated carbocycles. The number of carbonyl (C=O) groups is 1. The van der Waals surface area contributed by atoms with Gasteiger partial charge in [-0.25, -0.2) is 8.42 Å². The summed E-state index contributed by atoms with van der Waals surface area (Å²) in [6.07, 6.45) is 0. The van der Waals surface area contributed by atoms with E-state index in [-0.39, 0.29) is 10.5 Å². The summed E-state index contributed by atoms with van der Waals surface area (Å²) in [6, 6.07) is 19.8. The number of nitrogens with one attached hydrogen (secondary N) is 2. The third-order valence-electron chi connectivity index (χ3n) is 3.61. The summed E-state index contributed by atoms with van der Waals surface area (Å²) >= 11 is 6.73. The first kappa shape index (κ1) is 19.6. The number of hydrogen-bond acceptors (Lipinski definition) is 3. The van der Waals surface area contributed by atoms with Crippen LogP contribution in [0.5, 0.6) is 0 Å². The third kappa shape index (κ3) is 4.97. The number of para-hydroxylation sites is 1. The second-order valence-corrected chi connectivity index (χ2v) is 9.03. The highest BCUT2D eigenvalue weighted by Gasteiger charge is 2.17. The number of anilines is 2. The summed E-state index contributed by atoms with van der Waals surface area (Å²) in [5.41, 5.74) is 1.27. The molecule has 0 fully saturated rings. The van der Waals surface area contributed by atoms with Crippen molar-refractivity contribution >= 4 is 59.2 Å². The number of rotatable bonds is 5. The minimum Gasteiger partial charge on any atom is -0.321 e. The fourth-order valence-corrected chi connectivity index (χ4v) is 4.56. The summed E-state index contributed by atoms with van der Waals surface area (Å²) in [6.45, 7) is 0. The van der Waals surface area contributed by atoms with E-state index in [9.17, 15) is 13.2 Å². The number of amides is 1. The minimum atomic E-state index is -3.80. The minimum absolute atomic E-state index is 0.00822. The molecule has 0 bridgehead atoms. The smallest absolute Gasteiger partial charge is 0.261 e. The molecule has 0 saturated heterocycles. The van der Waals surface area contributed by atoms with Crippen molar-refractivity contribution < 1.29 is 13.2 Å². The Morgan fingerprint density at radius 1 is 0.852 bits per heavy atom. The van der Waals surface area contributed by atoms with Crippen LogP contribution < -0.4 is 10.0 Å². The van der Waals surface area contributed by atoms with Crippen LogP contribution in [-0.2, 0) is 10.0 Å². The molecule has 5 nitrogen and oxygen atoms in total.